The smallest absolute Gasteiger partial charge is 0.433 e. The first-order valence-electron chi connectivity index (χ1n) is 28.3. The van der Waals surface area contributed by atoms with E-state index in [1.165, 1.54) is 12.8 Å². The number of hydrogen-bond acceptors (Lipinski definition) is 16. The zero-order valence-corrected chi connectivity index (χ0v) is 48.1. The highest BCUT2D eigenvalue weighted by atomic mass is 19.4. The molecule has 2 N–H and O–H groups in total. The molecule has 0 amide bonds. The van der Waals surface area contributed by atoms with Crippen LogP contribution in [0, 0.1) is 0 Å². The van der Waals surface area contributed by atoms with Crippen LogP contribution in [0.25, 0.3) is 0 Å². The number of carboxylic acid groups (broad SMARTS) is 2. The SMILES string of the molecule is CC(C)(C)c1nc(N2CCN(CCCCn3ccc(N4CCCCC4)nc3=O)CC2)cc(C(F)(F)F)n1.CC(C)(C)c1nc(N2CCN(CCCCn3ccc(N4CCCCC4)nc3=O)CC2)cc(C(F)(F)F)n1.O=C(O)C=CC(=O)O. The standard InChI is InChI=1S/2C26H38F3N7O.C4H4O4/c2*1-25(2,3)23-30-20(26(27,28)29)19-22(31-23)35-17-15-33(16-18-35)10-7-8-13-36-14-9-21(32-24(36)37)34-11-5-4-6-12-34;5-3(6)1-2-4(7)8/h2*9,14,19H,4-8,10-13,15-18H2,1-3H3;1-2H,(H,5,6)(H,7,8). The molecule has 4 aromatic rings. The van der Waals surface area contributed by atoms with Crippen molar-refractivity contribution in [3.8, 4) is 0 Å². The lowest BCUT2D eigenvalue weighted by Gasteiger charge is -2.36. The van der Waals surface area contributed by atoms with Crippen molar-refractivity contribution in [2.24, 2.45) is 0 Å². The number of rotatable bonds is 16. The van der Waals surface area contributed by atoms with Crippen molar-refractivity contribution in [1.29, 1.82) is 0 Å². The Morgan fingerprint density at radius 2 is 0.768 bits per heavy atom. The molecule has 4 saturated heterocycles. The van der Waals surface area contributed by atoms with Crippen LogP contribution in [0.1, 0.15) is 129 Å². The number of aryl methyl sites for hydroxylation is 2. The summed E-state index contributed by atoms with van der Waals surface area (Å²) in [5, 5.41) is 15.6. The zero-order valence-electron chi connectivity index (χ0n) is 48.1. The molecule has 0 aromatic carbocycles. The zero-order chi connectivity index (χ0) is 59.8. The number of carboxylic acids is 2. The fraction of sp³-hybridized carbons (Fsp3) is 0.643. The Morgan fingerprint density at radius 3 is 1.06 bits per heavy atom. The van der Waals surface area contributed by atoms with E-state index in [0.717, 1.165) is 141 Å². The third-order valence-electron chi connectivity index (χ3n) is 14.4. The highest BCUT2D eigenvalue weighted by molar-refractivity contribution is 5.89. The van der Waals surface area contributed by atoms with Crippen molar-refractivity contribution in [2.45, 2.75) is 142 Å². The number of aromatic nitrogens is 8. The maximum absolute atomic E-state index is 13.4. The van der Waals surface area contributed by atoms with Crippen LogP contribution >= 0.6 is 0 Å². The van der Waals surface area contributed by atoms with Gasteiger partial charge in [-0.3, -0.25) is 18.9 Å². The quantitative estimate of drug-likeness (QED) is 0.0628. The van der Waals surface area contributed by atoms with Gasteiger partial charge in [-0.25, -0.2) is 39.1 Å². The molecule has 0 atom stereocenters. The molecule has 4 aliphatic rings. The molecule has 8 heterocycles. The van der Waals surface area contributed by atoms with Gasteiger partial charge in [0.1, 0.15) is 46.3 Å². The molecule has 20 nitrogen and oxygen atoms in total. The van der Waals surface area contributed by atoms with Crippen LogP contribution in [-0.2, 0) is 45.9 Å². The van der Waals surface area contributed by atoms with Gasteiger partial charge in [0.25, 0.3) is 0 Å². The van der Waals surface area contributed by atoms with Crippen LogP contribution in [0.4, 0.5) is 49.6 Å². The molecule has 0 radical (unpaired) electrons. The van der Waals surface area contributed by atoms with Gasteiger partial charge < -0.3 is 29.8 Å². The summed E-state index contributed by atoms with van der Waals surface area (Å²) >= 11 is 0. The lowest BCUT2D eigenvalue weighted by molar-refractivity contribution is -0.142. The van der Waals surface area contributed by atoms with E-state index in [9.17, 15) is 45.5 Å². The van der Waals surface area contributed by atoms with Crippen LogP contribution in [0.2, 0.25) is 0 Å². The van der Waals surface area contributed by atoms with Crippen molar-refractivity contribution in [2.75, 3.05) is 111 Å². The summed E-state index contributed by atoms with van der Waals surface area (Å²) in [5.74, 6) is 0.124. The van der Waals surface area contributed by atoms with Gasteiger partial charge in [-0.05, 0) is 89.4 Å². The number of aliphatic carboxylic acids is 2. The Labute approximate surface area is 474 Å². The number of piperazine rings is 2. The number of hydrogen-bond donors (Lipinski definition) is 2. The van der Waals surface area contributed by atoms with E-state index in [1.807, 2.05) is 75.9 Å². The molecule has 8 rings (SSSR count). The number of piperidine rings is 2. The second-order valence-corrected chi connectivity index (χ2v) is 23.1. The molecule has 26 heteroatoms. The van der Waals surface area contributed by atoms with Crippen molar-refractivity contribution >= 4 is 35.2 Å². The third kappa shape index (κ3) is 20.0. The fourth-order valence-electron chi connectivity index (χ4n) is 9.71. The van der Waals surface area contributed by atoms with E-state index in [0.29, 0.717) is 63.1 Å². The van der Waals surface area contributed by atoms with Gasteiger partial charge in [0, 0.05) is 139 Å². The van der Waals surface area contributed by atoms with Crippen LogP contribution < -0.4 is 31.0 Å². The summed E-state index contributed by atoms with van der Waals surface area (Å²) in [7, 11) is 0. The number of halogens is 6. The van der Waals surface area contributed by atoms with Crippen molar-refractivity contribution in [1.82, 2.24) is 48.8 Å². The summed E-state index contributed by atoms with van der Waals surface area (Å²) in [6.07, 6.45) is 6.43. The van der Waals surface area contributed by atoms with E-state index < -0.39 is 46.5 Å². The minimum Gasteiger partial charge on any atom is -0.478 e. The van der Waals surface area contributed by atoms with E-state index in [-0.39, 0.29) is 23.0 Å². The second-order valence-electron chi connectivity index (χ2n) is 23.1. The van der Waals surface area contributed by atoms with E-state index in [1.54, 1.807) is 9.13 Å². The van der Waals surface area contributed by atoms with E-state index in [4.69, 9.17) is 10.2 Å². The molecule has 0 bridgehead atoms. The van der Waals surface area contributed by atoms with Crippen molar-refractivity contribution in [3.05, 3.63) is 92.8 Å². The maximum Gasteiger partial charge on any atom is 0.433 e. The summed E-state index contributed by atoms with van der Waals surface area (Å²) in [4.78, 5) is 81.9. The minimum absolute atomic E-state index is 0.200. The lowest BCUT2D eigenvalue weighted by atomic mass is 9.95. The molecular formula is C56H80F6N14O6. The van der Waals surface area contributed by atoms with Crippen LogP contribution in [0.5, 0.6) is 0 Å². The highest BCUT2D eigenvalue weighted by Crippen LogP contribution is 2.34. The van der Waals surface area contributed by atoms with Crippen molar-refractivity contribution < 1.29 is 46.1 Å². The van der Waals surface area contributed by atoms with Crippen LogP contribution in [-0.4, -0.2) is 163 Å². The molecule has 0 spiro atoms. The molecule has 0 aliphatic carbocycles. The summed E-state index contributed by atoms with van der Waals surface area (Å²) in [6, 6.07) is 6.00. The van der Waals surface area contributed by atoms with Gasteiger partial charge in [-0.2, -0.15) is 36.3 Å². The molecule has 4 fully saturated rings. The second kappa shape index (κ2) is 29.0. The largest absolute Gasteiger partial charge is 0.478 e. The average molecular weight is 1160 g/mol. The van der Waals surface area contributed by atoms with Gasteiger partial charge >= 0.3 is 35.7 Å². The summed E-state index contributed by atoms with van der Waals surface area (Å²) in [5.41, 5.74) is -3.34. The topological polar surface area (TPSA) is 215 Å². The monoisotopic (exact) mass is 1160 g/mol. The number of anilines is 4. The van der Waals surface area contributed by atoms with Crippen LogP contribution in [0.15, 0.2) is 58.4 Å². The minimum atomic E-state index is -4.51. The fourth-order valence-corrected chi connectivity index (χ4v) is 9.71. The van der Waals surface area contributed by atoms with Gasteiger partial charge in [-0.1, -0.05) is 41.5 Å². The lowest BCUT2D eigenvalue weighted by Crippen LogP contribution is -2.47. The Hall–Kier alpha value is -6.70. The molecule has 0 saturated carbocycles. The first kappa shape index (κ1) is 64.5. The Balaban J connectivity index is 0.000000233. The first-order valence-corrected chi connectivity index (χ1v) is 28.3. The Bertz CT molecular complexity index is 2600. The summed E-state index contributed by atoms with van der Waals surface area (Å²) in [6.45, 7) is 23.2. The van der Waals surface area contributed by atoms with Crippen molar-refractivity contribution in [3.63, 3.8) is 0 Å². The van der Waals surface area contributed by atoms with Gasteiger partial charge in [0.05, 0.1) is 0 Å². The van der Waals surface area contributed by atoms with Crippen LogP contribution in [0.3, 0.4) is 0 Å². The highest BCUT2D eigenvalue weighted by Gasteiger charge is 2.37. The predicted octanol–water partition coefficient (Wildman–Crippen LogP) is 7.60. The van der Waals surface area contributed by atoms with Gasteiger partial charge in [0.15, 0.2) is 0 Å². The Morgan fingerprint density at radius 1 is 0.451 bits per heavy atom. The third-order valence-corrected chi connectivity index (χ3v) is 14.4. The van der Waals surface area contributed by atoms with Gasteiger partial charge in [0.2, 0.25) is 0 Å². The first-order chi connectivity index (χ1) is 38.6. The number of nitrogens with zero attached hydrogens (tertiary/aromatic N) is 14. The number of unbranched alkanes of at least 4 members (excludes halogenated alkanes) is 2. The Kier molecular flexibility index (Phi) is 22.8. The molecule has 0 unspecified atom stereocenters. The normalized spacial score (nSPS) is 17.1. The molecular weight excluding hydrogens is 1080 g/mol. The molecule has 4 aromatic heterocycles. The molecule has 452 valence electrons. The maximum atomic E-state index is 13.4. The molecule has 82 heavy (non-hydrogen) atoms. The average Bonchev–Trinajstić information content (AvgIpc) is 3.52. The number of alkyl halides is 6. The van der Waals surface area contributed by atoms with Gasteiger partial charge in [-0.15, -0.1) is 0 Å². The summed E-state index contributed by atoms with van der Waals surface area (Å²) < 4.78 is 84.0. The molecule has 4 aliphatic heterocycles. The van der Waals surface area contributed by atoms with E-state index in [2.05, 4.69) is 49.5 Å². The van der Waals surface area contributed by atoms with E-state index >= 15 is 0 Å². The predicted molar refractivity (Wildman–Crippen MR) is 301 cm³/mol. The number of carbonyl (C=O) groups is 2.